The Hall–Kier alpha value is -1.44. The van der Waals surface area contributed by atoms with Crippen LogP contribution in [0.1, 0.15) is 49.7 Å². The minimum atomic E-state index is -3.39. The first-order chi connectivity index (χ1) is 13.3. The number of amides is 1. The molecule has 6 nitrogen and oxygen atoms in total. The van der Waals surface area contributed by atoms with E-state index in [2.05, 4.69) is 0 Å². The highest BCUT2D eigenvalue weighted by molar-refractivity contribution is 7.88. The fraction of sp³-hybridized carbons (Fsp3) is 0.667. The van der Waals surface area contributed by atoms with Crippen molar-refractivity contribution in [1.29, 1.82) is 0 Å². The Bertz CT molecular complexity index is 787. The standard InChI is InChI=1S/C21H32N2O4S/c1-16-7-3-4-8-18(16)15-28(26,27)23-13-11-17(12-14-23)21(25)22(2)19-9-5-6-10-20(19)24/h3-4,7-8,17,19-20,24H,5-6,9-15H2,1-2H3/t19-,20+/m1/s1. The molecular formula is C21H32N2O4S. The second-order valence-corrected chi connectivity index (χ2v) is 10.2. The fourth-order valence-corrected chi connectivity index (χ4v) is 6.10. The van der Waals surface area contributed by atoms with Crippen molar-refractivity contribution in [2.45, 2.75) is 63.3 Å². The summed E-state index contributed by atoms with van der Waals surface area (Å²) in [7, 11) is -1.61. The summed E-state index contributed by atoms with van der Waals surface area (Å²) in [6.07, 6.45) is 4.27. The van der Waals surface area contributed by atoms with E-state index < -0.39 is 16.1 Å². The molecular weight excluding hydrogens is 376 g/mol. The minimum Gasteiger partial charge on any atom is -0.391 e. The van der Waals surface area contributed by atoms with E-state index in [1.54, 1.807) is 11.9 Å². The van der Waals surface area contributed by atoms with Gasteiger partial charge in [0.15, 0.2) is 0 Å². The maximum atomic E-state index is 12.9. The van der Waals surface area contributed by atoms with Gasteiger partial charge in [0.05, 0.1) is 17.9 Å². The number of hydrogen-bond acceptors (Lipinski definition) is 4. The third-order valence-electron chi connectivity index (χ3n) is 6.33. The van der Waals surface area contributed by atoms with Gasteiger partial charge >= 0.3 is 0 Å². The third kappa shape index (κ3) is 4.75. The van der Waals surface area contributed by atoms with Crippen molar-refractivity contribution in [1.82, 2.24) is 9.21 Å². The van der Waals surface area contributed by atoms with Gasteiger partial charge in [-0.1, -0.05) is 37.1 Å². The lowest BCUT2D eigenvalue weighted by molar-refractivity contribution is -0.141. The van der Waals surface area contributed by atoms with Crippen LogP contribution >= 0.6 is 0 Å². The van der Waals surface area contributed by atoms with Crippen LogP contribution in [0.2, 0.25) is 0 Å². The number of carbonyl (C=O) groups excluding carboxylic acids is 1. The van der Waals surface area contributed by atoms with Gasteiger partial charge < -0.3 is 10.0 Å². The summed E-state index contributed by atoms with van der Waals surface area (Å²) in [5.74, 6) is -0.113. The summed E-state index contributed by atoms with van der Waals surface area (Å²) in [5.41, 5.74) is 1.80. The molecule has 0 unspecified atom stereocenters. The molecule has 1 N–H and O–H groups in total. The predicted molar refractivity (Wildman–Crippen MR) is 109 cm³/mol. The zero-order valence-electron chi connectivity index (χ0n) is 16.9. The largest absolute Gasteiger partial charge is 0.391 e. The van der Waals surface area contributed by atoms with E-state index in [0.717, 1.165) is 36.8 Å². The molecule has 1 heterocycles. The number of likely N-dealkylation sites (N-methyl/N-ethyl adjacent to an activating group) is 1. The SMILES string of the molecule is Cc1ccccc1CS(=O)(=O)N1CCC(C(=O)N(C)[C@@H]2CCCC[C@@H]2O)CC1. The predicted octanol–water partition coefficient (Wildman–Crippen LogP) is 2.30. The Morgan fingerprint density at radius 3 is 2.43 bits per heavy atom. The second kappa shape index (κ2) is 8.93. The van der Waals surface area contributed by atoms with Gasteiger partial charge in [-0.15, -0.1) is 0 Å². The molecule has 3 rings (SSSR count). The number of aliphatic hydroxyl groups excluding tert-OH is 1. The lowest BCUT2D eigenvalue weighted by Crippen LogP contribution is -2.50. The molecule has 2 aliphatic rings. The highest BCUT2D eigenvalue weighted by Crippen LogP contribution is 2.27. The molecule has 28 heavy (non-hydrogen) atoms. The molecule has 7 heteroatoms. The van der Waals surface area contributed by atoms with Crippen LogP contribution in [-0.2, 0) is 20.6 Å². The molecule has 0 bridgehead atoms. The van der Waals surface area contributed by atoms with Crippen molar-refractivity contribution in [3.63, 3.8) is 0 Å². The van der Waals surface area contributed by atoms with Crippen molar-refractivity contribution in [2.24, 2.45) is 5.92 Å². The smallest absolute Gasteiger partial charge is 0.225 e. The zero-order valence-corrected chi connectivity index (χ0v) is 17.7. The number of piperidine rings is 1. The molecule has 1 aromatic carbocycles. The number of hydrogen-bond donors (Lipinski definition) is 1. The molecule has 2 fully saturated rings. The first kappa shape index (κ1) is 21.3. The van der Waals surface area contributed by atoms with E-state index in [1.807, 2.05) is 31.2 Å². The number of sulfonamides is 1. The molecule has 1 amide bonds. The molecule has 2 atom stereocenters. The maximum Gasteiger partial charge on any atom is 0.225 e. The van der Waals surface area contributed by atoms with Gasteiger partial charge in [-0.05, 0) is 43.7 Å². The molecule has 1 aliphatic carbocycles. The van der Waals surface area contributed by atoms with E-state index in [-0.39, 0.29) is 23.6 Å². The van der Waals surface area contributed by atoms with Crippen molar-refractivity contribution >= 4 is 15.9 Å². The van der Waals surface area contributed by atoms with Crippen LogP contribution in [0, 0.1) is 12.8 Å². The molecule has 156 valence electrons. The van der Waals surface area contributed by atoms with Crippen molar-refractivity contribution < 1.29 is 18.3 Å². The number of benzene rings is 1. The second-order valence-electron chi connectivity index (χ2n) is 8.22. The highest BCUT2D eigenvalue weighted by Gasteiger charge is 2.36. The van der Waals surface area contributed by atoms with Gasteiger partial charge in [0.2, 0.25) is 15.9 Å². The third-order valence-corrected chi connectivity index (χ3v) is 8.16. The Morgan fingerprint density at radius 2 is 1.79 bits per heavy atom. The van der Waals surface area contributed by atoms with E-state index in [1.165, 1.54) is 4.31 Å². The van der Waals surface area contributed by atoms with Crippen LogP contribution in [-0.4, -0.2) is 60.9 Å². The highest BCUT2D eigenvalue weighted by atomic mass is 32.2. The van der Waals surface area contributed by atoms with E-state index in [0.29, 0.717) is 25.9 Å². The number of nitrogens with zero attached hydrogens (tertiary/aromatic N) is 2. The van der Waals surface area contributed by atoms with E-state index in [4.69, 9.17) is 0 Å². The normalized spacial score (nSPS) is 24.8. The van der Waals surface area contributed by atoms with Gasteiger partial charge in [0.25, 0.3) is 0 Å². The summed E-state index contributed by atoms with van der Waals surface area (Å²) in [6.45, 7) is 2.68. The van der Waals surface area contributed by atoms with Crippen molar-refractivity contribution in [3.8, 4) is 0 Å². The molecule has 0 radical (unpaired) electrons. The van der Waals surface area contributed by atoms with Gasteiger partial charge in [-0.25, -0.2) is 12.7 Å². The van der Waals surface area contributed by atoms with Gasteiger partial charge in [0.1, 0.15) is 0 Å². The minimum absolute atomic E-state index is 0.00640. The van der Waals surface area contributed by atoms with Crippen LogP contribution in [0.4, 0.5) is 0 Å². The van der Waals surface area contributed by atoms with Gasteiger partial charge in [0, 0.05) is 26.1 Å². The number of aryl methyl sites for hydroxylation is 1. The lowest BCUT2D eigenvalue weighted by Gasteiger charge is -2.38. The summed E-state index contributed by atoms with van der Waals surface area (Å²) in [4.78, 5) is 14.6. The lowest BCUT2D eigenvalue weighted by atomic mass is 9.89. The van der Waals surface area contributed by atoms with Crippen molar-refractivity contribution in [2.75, 3.05) is 20.1 Å². The number of carbonyl (C=O) groups is 1. The van der Waals surface area contributed by atoms with Crippen LogP contribution < -0.4 is 0 Å². The molecule has 1 saturated carbocycles. The van der Waals surface area contributed by atoms with Crippen molar-refractivity contribution in [3.05, 3.63) is 35.4 Å². The molecule has 1 aromatic rings. The Morgan fingerprint density at radius 1 is 1.14 bits per heavy atom. The molecule has 0 aromatic heterocycles. The van der Waals surface area contributed by atoms with Crippen LogP contribution in [0.3, 0.4) is 0 Å². The van der Waals surface area contributed by atoms with E-state index >= 15 is 0 Å². The number of aliphatic hydroxyl groups is 1. The summed E-state index contributed by atoms with van der Waals surface area (Å²) < 4.78 is 27.1. The number of rotatable bonds is 5. The monoisotopic (exact) mass is 408 g/mol. The average Bonchev–Trinajstić information content (AvgIpc) is 2.69. The molecule has 1 aliphatic heterocycles. The Kier molecular flexibility index (Phi) is 6.78. The first-order valence-electron chi connectivity index (χ1n) is 10.3. The molecule has 1 saturated heterocycles. The Labute approximate surface area is 168 Å². The van der Waals surface area contributed by atoms with Crippen LogP contribution in [0.15, 0.2) is 24.3 Å². The average molecular weight is 409 g/mol. The quantitative estimate of drug-likeness (QED) is 0.811. The van der Waals surface area contributed by atoms with E-state index in [9.17, 15) is 18.3 Å². The van der Waals surface area contributed by atoms with Gasteiger partial charge in [-0.3, -0.25) is 4.79 Å². The van der Waals surface area contributed by atoms with Crippen LogP contribution in [0.25, 0.3) is 0 Å². The Balaban J connectivity index is 1.57. The summed E-state index contributed by atoms with van der Waals surface area (Å²) in [6, 6.07) is 7.43. The van der Waals surface area contributed by atoms with Gasteiger partial charge in [-0.2, -0.15) is 0 Å². The fourth-order valence-electron chi connectivity index (χ4n) is 4.44. The zero-order chi connectivity index (χ0) is 20.3. The molecule has 0 spiro atoms. The summed E-state index contributed by atoms with van der Waals surface area (Å²) in [5, 5.41) is 10.2. The topological polar surface area (TPSA) is 77.9 Å². The first-order valence-corrected chi connectivity index (χ1v) is 11.9. The van der Waals surface area contributed by atoms with Crippen LogP contribution in [0.5, 0.6) is 0 Å². The maximum absolute atomic E-state index is 12.9. The summed E-state index contributed by atoms with van der Waals surface area (Å²) >= 11 is 0.